The van der Waals surface area contributed by atoms with Crippen molar-refractivity contribution in [1.29, 1.82) is 0 Å². The van der Waals surface area contributed by atoms with E-state index in [1.54, 1.807) is 0 Å². The highest BCUT2D eigenvalue weighted by Gasteiger charge is 2.12. The van der Waals surface area contributed by atoms with Crippen molar-refractivity contribution in [2.24, 2.45) is 4.99 Å². The molecule has 4 N–H and O–H groups in total. The van der Waals surface area contributed by atoms with Gasteiger partial charge in [-0.3, -0.25) is 4.79 Å². The average Bonchev–Trinajstić information content (AvgIpc) is 2.61. The molecule has 1 aliphatic rings. The standard InChI is InChI=1S/C22H21N3O/c1-14-13-18(7-12-21(14)24)22(16-3-8-19(23)9-4-16)17-5-10-20(11-6-17)25-15(2)26/h3-13H,23-24H2,1-2H3. The average molecular weight is 343 g/mol. The predicted octanol–water partition coefficient (Wildman–Crippen LogP) is 4.07. The van der Waals surface area contributed by atoms with E-state index in [0.29, 0.717) is 5.71 Å². The SMILES string of the molecule is CC(=O)N=C1C=CC(=C(c2ccc(N)cc2)c2ccc(N)c(C)c2)C=C1. The Labute approximate surface area is 153 Å². The molecule has 0 aromatic heterocycles. The molecule has 0 saturated heterocycles. The highest BCUT2D eigenvalue weighted by atomic mass is 16.1. The van der Waals surface area contributed by atoms with Gasteiger partial charge in [0.15, 0.2) is 0 Å². The van der Waals surface area contributed by atoms with E-state index in [1.165, 1.54) is 6.92 Å². The molecule has 0 spiro atoms. The number of anilines is 2. The number of aryl methyl sites for hydroxylation is 1. The fourth-order valence-electron chi connectivity index (χ4n) is 2.87. The van der Waals surface area contributed by atoms with Crippen LogP contribution in [0.2, 0.25) is 0 Å². The van der Waals surface area contributed by atoms with Gasteiger partial charge in [0, 0.05) is 18.3 Å². The number of amides is 1. The Morgan fingerprint density at radius 3 is 2.08 bits per heavy atom. The summed E-state index contributed by atoms with van der Waals surface area (Å²) in [7, 11) is 0. The molecule has 2 aromatic carbocycles. The number of aliphatic imine (C=N–C) groups is 1. The first-order chi connectivity index (χ1) is 12.4. The molecular formula is C22H21N3O. The first-order valence-corrected chi connectivity index (χ1v) is 8.36. The first-order valence-electron chi connectivity index (χ1n) is 8.36. The minimum atomic E-state index is -0.213. The molecular weight excluding hydrogens is 322 g/mol. The van der Waals surface area contributed by atoms with E-state index in [0.717, 1.165) is 39.2 Å². The topological polar surface area (TPSA) is 81.5 Å². The normalized spacial score (nSPS) is 13.0. The molecule has 26 heavy (non-hydrogen) atoms. The molecule has 0 fully saturated rings. The van der Waals surface area contributed by atoms with Crippen LogP contribution in [0.15, 0.2) is 77.3 Å². The van der Waals surface area contributed by atoms with Crippen LogP contribution in [-0.2, 0) is 4.79 Å². The van der Waals surface area contributed by atoms with Crippen LogP contribution >= 0.6 is 0 Å². The Morgan fingerprint density at radius 1 is 0.885 bits per heavy atom. The third-order valence-electron chi connectivity index (χ3n) is 4.20. The second kappa shape index (κ2) is 7.23. The van der Waals surface area contributed by atoms with Gasteiger partial charge in [-0.2, -0.15) is 0 Å². The van der Waals surface area contributed by atoms with E-state index >= 15 is 0 Å². The van der Waals surface area contributed by atoms with E-state index in [4.69, 9.17) is 11.5 Å². The molecule has 1 aliphatic carbocycles. The van der Waals surface area contributed by atoms with Gasteiger partial charge < -0.3 is 11.5 Å². The smallest absolute Gasteiger partial charge is 0.243 e. The van der Waals surface area contributed by atoms with Crippen molar-refractivity contribution in [2.75, 3.05) is 11.5 Å². The number of carbonyl (C=O) groups is 1. The summed E-state index contributed by atoms with van der Waals surface area (Å²) in [5.74, 6) is -0.213. The van der Waals surface area contributed by atoms with Crippen LogP contribution in [0.5, 0.6) is 0 Å². The molecule has 3 rings (SSSR count). The van der Waals surface area contributed by atoms with Gasteiger partial charge >= 0.3 is 0 Å². The molecule has 0 bridgehead atoms. The van der Waals surface area contributed by atoms with Crippen molar-refractivity contribution >= 4 is 28.6 Å². The van der Waals surface area contributed by atoms with Crippen LogP contribution in [0.3, 0.4) is 0 Å². The lowest BCUT2D eigenvalue weighted by Crippen LogP contribution is -2.01. The lowest BCUT2D eigenvalue weighted by Gasteiger charge is -2.15. The van der Waals surface area contributed by atoms with Crippen LogP contribution in [0.25, 0.3) is 5.57 Å². The van der Waals surface area contributed by atoms with E-state index < -0.39 is 0 Å². The minimum absolute atomic E-state index is 0.213. The molecule has 4 heteroatoms. The monoisotopic (exact) mass is 343 g/mol. The van der Waals surface area contributed by atoms with Gasteiger partial charge in [0.2, 0.25) is 5.91 Å². The van der Waals surface area contributed by atoms with E-state index in [9.17, 15) is 4.79 Å². The maximum Gasteiger partial charge on any atom is 0.243 e. The second-order valence-electron chi connectivity index (χ2n) is 6.25. The van der Waals surface area contributed by atoms with E-state index in [2.05, 4.69) is 11.1 Å². The zero-order valence-corrected chi connectivity index (χ0v) is 14.9. The molecule has 0 radical (unpaired) electrons. The Bertz CT molecular complexity index is 959. The van der Waals surface area contributed by atoms with Crippen LogP contribution in [0.1, 0.15) is 23.6 Å². The molecule has 4 nitrogen and oxygen atoms in total. The quantitative estimate of drug-likeness (QED) is 0.806. The Balaban J connectivity index is 2.15. The van der Waals surface area contributed by atoms with Crippen molar-refractivity contribution in [3.05, 3.63) is 89.0 Å². The van der Waals surface area contributed by atoms with Gasteiger partial charge in [0.1, 0.15) is 0 Å². The zero-order valence-electron chi connectivity index (χ0n) is 14.9. The highest BCUT2D eigenvalue weighted by Crippen LogP contribution is 2.31. The summed E-state index contributed by atoms with van der Waals surface area (Å²) >= 11 is 0. The third kappa shape index (κ3) is 3.81. The number of benzene rings is 2. The fraction of sp³-hybridized carbons (Fsp3) is 0.0909. The van der Waals surface area contributed by atoms with Gasteiger partial charge in [-0.15, -0.1) is 0 Å². The number of nitrogens with two attached hydrogens (primary N) is 2. The number of carbonyl (C=O) groups excluding carboxylic acids is 1. The molecule has 0 heterocycles. The number of allylic oxidation sites excluding steroid dienone is 5. The number of nitrogen functional groups attached to an aromatic ring is 2. The number of hydrogen-bond acceptors (Lipinski definition) is 3. The maximum atomic E-state index is 11.2. The van der Waals surface area contributed by atoms with Crippen molar-refractivity contribution in [3.8, 4) is 0 Å². The van der Waals surface area contributed by atoms with Gasteiger partial charge in [0.05, 0.1) is 5.71 Å². The first kappa shape index (κ1) is 17.4. The summed E-state index contributed by atoms with van der Waals surface area (Å²) in [5, 5.41) is 0. The van der Waals surface area contributed by atoms with E-state index in [-0.39, 0.29) is 5.91 Å². The summed E-state index contributed by atoms with van der Waals surface area (Å²) in [4.78, 5) is 15.1. The predicted molar refractivity (Wildman–Crippen MR) is 109 cm³/mol. The Hall–Kier alpha value is -3.40. The van der Waals surface area contributed by atoms with Crippen LogP contribution in [0.4, 0.5) is 11.4 Å². The van der Waals surface area contributed by atoms with Gasteiger partial charge in [-0.1, -0.05) is 30.4 Å². The van der Waals surface area contributed by atoms with Crippen molar-refractivity contribution < 1.29 is 4.79 Å². The van der Waals surface area contributed by atoms with Crippen molar-refractivity contribution in [3.63, 3.8) is 0 Å². The lowest BCUT2D eigenvalue weighted by molar-refractivity contribution is -0.115. The summed E-state index contributed by atoms with van der Waals surface area (Å²) in [6.07, 6.45) is 7.63. The molecule has 0 aliphatic heterocycles. The van der Waals surface area contributed by atoms with Gasteiger partial charge in [0.25, 0.3) is 0 Å². The zero-order chi connectivity index (χ0) is 18.7. The maximum absolute atomic E-state index is 11.2. The summed E-state index contributed by atoms with van der Waals surface area (Å²) in [6, 6.07) is 13.8. The van der Waals surface area contributed by atoms with Crippen LogP contribution in [0, 0.1) is 6.92 Å². The summed E-state index contributed by atoms with van der Waals surface area (Å²) in [5.41, 5.74) is 19.2. The second-order valence-corrected chi connectivity index (χ2v) is 6.25. The Kier molecular flexibility index (Phi) is 4.85. The van der Waals surface area contributed by atoms with Gasteiger partial charge in [-0.25, -0.2) is 4.99 Å². The lowest BCUT2D eigenvalue weighted by atomic mass is 9.90. The number of rotatable bonds is 2. The molecule has 2 aromatic rings. The third-order valence-corrected chi connectivity index (χ3v) is 4.20. The largest absolute Gasteiger partial charge is 0.399 e. The summed E-state index contributed by atoms with van der Waals surface area (Å²) in [6.45, 7) is 3.44. The van der Waals surface area contributed by atoms with E-state index in [1.807, 2.05) is 67.6 Å². The van der Waals surface area contributed by atoms with Gasteiger partial charge in [-0.05, 0) is 71.2 Å². The summed E-state index contributed by atoms with van der Waals surface area (Å²) < 4.78 is 0. The molecule has 1 amide bonds. The van der Waals surface area contributed by atoms with Crippen LogP contribution in [-0.4, -0.2) is 11.6 Å². The number of nitrogens with zero attached hydrogens (tertiary/aromatic N) is 1. The molecule has 0 atom stereocenters. The van der Waals surface area contributed by atoms with Crippen molar-refractivity contribution in [1.82, 2.24) is 0 Å². The molecule has 0 unspecified atom stereocenters. The van der Waals surface area contributed by atoms with Crippen molar-refractivity contribution in [2.45, 2.75) is 13.8 Å². The van der Waals surface area contributed by atoms with Crippen LogP contribution < -0.4 is 11.5 Å². The fourth-order valence-corrected chi connectivity index (χ4v) is 2.87. The number of hydrogen-bond donors (Lipinski definition) is 2. The highest BCUT2D eigenvalue weighted by molar-refractivity contribution is 6.11. The Morgan fingerprint density at radius 2 is 1.50 bits per heavy atom. The molecule has 0 saturated carbocycles. The minimum Gasteiger partial charge on any atom is -0.399 e. The molecule has 130 valence electrons.